The molecule has 1 saturated heterocycles. The number of hydrogen-bond acceptors (Lipinski definition) is 4. The summed E-state index contributed by atoms with van der Waals surface area (Å²) in [5.74, 6) is 2.90. The Kier molecular flexibility index (Phi) is 6.74. The van der Waals surface area contributed by atoms with Crippen molar-refractivity contribution in [3.05, 3.63) is 23.2 Å². The number of nitrogens with one attached hydrogen (secondary N) is 1. The van der Waals surface area contributed by atoms with Crippen molar-refractivity contribution in [3.8, 4) is 0 Å². The van der Waals surface area contributed by atoms with Gasteiger partial charge >= 0.3 is 0 Å². The van der Waals surface area contributed by atoms with Crippen molar-refractivity contribution in [1.82, 2.24) is 10.2 Å². The fourth-order valence-electron chi connectivity index (χ4n) is 2.94. The third kappa shape index (κ3) is 5.46. The number of rotatable bonds is 8. The predicted molar refractivity (Wildman–Crippen MR) is 85.3 cm³/mol. The molecule has 0 amide bonds. The van der Waals surface area contributed by atoms with Crippen molar-refractivity contribution in [2.75, 3.05) is 33.4 Å². The minimum atomic E-state index is 0.769. The van der Waals surface area contributed by atoms with Gasteiger partial charge in [-0.2, -0.15) is 0 Å². The molecule has 0 radical (unpaired) electrons. The standard InChI is InChI=1S/C17H30N2O2/c1-4-7-18-11-16-10-17(21-14(16)2)13-19(3)12-15-5-8-20-9-6-15/h10,15,18H,4-9,11-13H2,1-3H3. The topological polar surface area (TPSA) is 37.6 Å². The quantitative estimate of drug-likeness (QED) is 0.748. The molecule has 0 bridgehead atoms. The number of aryl methyl sites for hydroxylation is 1. The first-order chi connectivity index (χ1) is 10.2. The van der Waals surface area contributed by atoms with E-state index in [9.17, 15) is 0 Å². The molecule has 1 N–H and O–H groups in total. The van der Waals surface area contributed by atoms with E-state index in [0.717, 1.165) is 63.3 Å². The summed E-state index contributed by atoms with van der Waals surface area (Å²) in [5, 5.41) is 3.44. The van der Waals surface area contributed by atoms with Gasteiger partial charge in [0.25, 0.3) is 0 Å². The normalized spacial score (nSPS) is 16.8. The first-order valence-corrected chi connectivity index (χ1v) is 8.24. The Hall–Kier alpha value is -0.840. The molecule has 0 aliphatic carbocycles. The summed E-state index contributed by atoms with van der Waals surface area (Å²) in [4.78, 5) is 2.37. The molecule has 1 aromatic rings. The molecule has 2 heterocycles. The molecule has 0 saturated carbocycles. The molecule has 0 aromatic carbocycles. The smallest absolute Gasteiger partial charge is 0.118 e. The van der Waals surface area contributed by atoms with Crippen molar-refractivity contribution in [2.24, 2.45) is 5.92 Å². The van der Waals surface area contributed by atoms with Gasteiger partial charge in [0.1, 0.15) is 11.5 Å². The van der Waals surface area contributed by atoms with Crippen molar-refractivity contribution < 1.29 is 9.15 Å². The monoisotopic (exact) mass is 294 g/mol. The van der Waals surface area contributed by atoms with E-state index in [1.54, 1.807) is 0 Å². The van der Waals surface area contributed by atoms with Gasteiger partial charge in [0.15, 0.2) is 0 Å². The van der Waals surface area contributed by atoms with Gasteiger partial charge in [0.2, 0.25) is 0 Å². The van der Waals surface area contributed by atoms with E-state index in [1.807, 2.05) is 0 Å². The second-order valence-corrected chi connectivity index (χ2v) is 6.22. The van der Waals surface area contributed by atoms with Crippen LogP contribution in [0.15, 0.2) is 10.5 Å². The van der Waals surface area contributed by atoms with E-state index in [-0.39, 0.29) is 0 Å². The minimum absolute atomic E-state index is 0.769. The van der Waals surface area contributed by atoms with Crippen molar-refractivity contribution in [3.63, 3.8) is 0 Å². The molecule has 0 atom stereocenters. The molecular formula is C17H30N2O2. The predicted octanol–water partition coefficient (Wildman–Crippen LogP) is 2.95. The van der Waals surface area contributed by atoms with Crippen LogP contribution in [0.2, 0.25) is 0 Å². The van der Waals surface area contributed by atoms with E-state index in [2.05, 4.69) is 37.2 Å². The van der Waals surface area contributed by atoms with Gasteiger partial charge in [0.05, 0.1) is 6.54 Å². The van der Waals surface area contributed by atoms with Crippen LogP contribution < -0.4 is 5.32 Å². The lowest BCUT2D eigenvalue weighted by atomic mass is 10.00. The molecule has 1 aliphatic heterocycles. The molecule has 120 valence electrons. The first-order valence-electron chi connectivity index (χ1n) is 8.24. The van der Waals surface area contributed by atoms with Crippen molar-refractivity contribution >= 4 is 0 Å². The summed E-state index contributed by atoms with van der Waals surface area (Å²) in [6.45, 7) is 10.1. The summed E-state index contributed by atoms with van der Waals surface area (Å²) in [7, 11) is 2.18. The van der Waals surface area contributed by atoms with Crippen LogP contribution in [0.1, 0.15) is 43.3 Å². The lowest BCUT2D eigenvalue weighted by molar-refractivity contribution is 0.0542. The van der Waals surface area contributed by atoms with E-state index < -0.39 is 0 Å². The Morgan fingerprint density at radius 1 is 1.33 bits per heavy atom. The molecule has 4 nitrogen and oxygen atoms in total. The highest BCUT2D eigenvalue weighted by atomic mass is 16.5. The SMILES string of the molecule is CCCNCc1cc(CN(C)CC2CCOCC2)oc1C. The third-order valence-corrected chi connectivity index (χ3v) is 4.15. The van der Waals surface area contributed by atoms with Crippen LogP contribution in [0.5, 0.6) is 0 Å². The van der Waals surface area contributed by atoms with Gasteiger partial charge in [-0.15, -0.1) is 0 Å². The maximum Gasteiger partial charge on any atom is 0.118 e. The largest absolute Gasteiger partial charge is 0.465 e. The highest BCUT2D eigenvalue weighted by molar-refractivity contribution is 5.20. The minimum Gasteiger partial charge on any atom is -0.465 e. The summed E-state index contributed by atoms with van der Waals surface area (Å²) < 4.78 is 11.3. The van der Waals surface area contributed by atoms with Gasteiger partial charge in [0, 0.05) is 31.9 Å². The molecule has 0 spiro atoms. The van der Waals surface area contributed by atoms with Gasteiger partial charge in [-0.25, -0.2) is 0 Å². The van der Waals surface area contributed by atoms with E-state index in [1.165, 1.54) is 18.4 Å². The van der Waals surface area contributed by atoms with E-state index in [4.69, 9.17) is 9.15 Å². The van der Waals surface area contributed by atoms with Crippen LogP contribution in [-0.4, -0.2) is 38.3 Å². The van der Waals surface area contributed by atoms with Crippen LogP contribution in [0, 0.1) is 12.8 Å². The Labute approximate surface area is 128 Å². The van der Waals surface area contributed by atoms with Crippen molar-refractivity contribution in [1.29, 1.82) is 0 Å². The lowest BCUT2D eigenvalue weighted by Gasteiger charge is -2.26. The highest BCUT2D eigenvalue weighted by Crippen LogP contribution is 2.19. The molecule has 0 unspecified atom stereocenters. The molecule has 2 rings (SSSR count). The Bertz CT molecular complexity index is 411. The second kappa shape index (κ2) is 8.57. The van der Waals surface area contributed by atoms with Gasteiger partial charge in [-0.05, 0) is 51.8 Å². The molecule has 1 aromatic heterocycles. The van der Waals surface area contributed by atoms with Gasteiger partial charge < -0.3 is 14.5 Å². The average Bonchev–Trinajstić information content (AvgIpc) is 2.80. The fourth-order valence-corrected chi connectivity index (χ4v) is 2.94. The van der Waals surface area contributed by atoms with E-state index in [0.29, 0.717) is 0 Å². The molecule has 1 fully saturated rings. The maximum atomic E-state index is 5.90. The summed E-state index contributed by atoms with van der Waals surface area (Å²) in [5.41, 5.74) is 1.29. The Morgan fingerprint density at radius 3 is 2.81 bits per heavy atom. The zero-order valence-electron chi connectivity index (χ0n) is 13.8. The maximum absolute atomic E-state index is 5.90. The highest BCUT2D eigenvalue weighted by Gasteiger charge is 2.17. The average molecular weight is 294 g/mol. The number of ether oxygens (including phenoxy) is 1. The first kappa shape index (κ1) is 16.5. The summed E-state index contributed by atoms with van der Waals surface area (Å²) in [6, 6.07) is 2.21. The summed E-state index contributed by atoms with van der Waals surface area (Å²) in [6.07, 6.45) is 3.54. The fraction of sp³-hybridized carbons (Fsp3) is 0.765. The van der Waals surface area contributed by atoms with Crippen LogP contribution in [0.3, 0.4) is 0 Å². The molecule has 4 heteroatoms. The molecule has 1 aliphatic rings. The zero-order chi connectivity index (χ0) is 15.1. The Balaban J connectivity index is 1.79. The zero-order valence-corrected chi connectivity index (χ0v) is 13.8. The third-order valence-electron chi connectivity index (χ3n) is 4.15. The lowest BCUT2D eigenvalue weighted by Crippen LogP contribution is -2.29. The number of furan rings is 1. The second-order valence-electron chi connectivity index (χ2n) is 6.22. The number of hydrogen-bond donors (Lipinski definition) is 1. The summed E-state index contributed by atoms with van der Waals surface area (Å²) >= 11 is 0. The van der Waals surface area contributed by atoms with Crippen LogP contribution >= 0.6 is 0 Å². The van der Waals surface area contributed by atoms with Crippen LogP contribution in [0.25, 0.3) is 0 Å². The van der Waals surface area contributed by atoms with Crippen LogP contribution in [0.4, 0.5) is 0 Å². The molecule has 21 heavy (non-hydrogen) atoms. The number of nitrogens with zero attached hydrogens (tertiary/aromatic N) is 1. The van der Waals surface area contributed by atoms with Gasteiger partial charge in [-0.3, -0.25) is 4.90 Å². The van der Waals surface area contributed by atoms with Gasteiger partial charge in [-0.1, -0.05) is 6.92 Å². The molecular weight excluding hydrogens is 264 g/mol. The Morgan fingerprint density at radius 2 is 2.10 bits per heavy atom. The van der Waals surface area contributed by atoms with Crippen molar-refractivity contribution in [2.45, 2.75) is 46.2 Å². The van der Waals surface area contributed by atoms with E-state index >= 15 is 0 Å². The van der Waals surface area contributed by atoms with Crippen LogP contribution in [-0.2, 0) is 17.8 Å².